The Balaban J connectivity index is 2.34. The molecule has 1 aromatic heterocycles. The number of aromatic nitrogens is 2. The number of methoxy groups -OCH3 is 1. The standard InChI is InChI=1S/C15H18BrN3O/c1-4-6-14-17-13(16)10-15(18-14)19(2)11-7-5-8-12(9-11)20-3/h5,7-10H,4,6H2,1-3H3. The molecule has 0 aliphatic rings. The molecule has 0 aliphatic heterocycles. The van der Waals surface area contributed by atoms with Gasteiger partial charge in [0.25, 0.3) is 0 Å². The van der Waals surface area contributed by atoms with Gasteiger partial charge < -0.3 is 9.64 Å². The van der Waals surface area contributed by atoms with Gasteiger partial charge in [-0.2, -0.15) is 0 Å². The Morgan fingerprint density at radius 2 is 2.05 bits per heavy atom. The summed E-state index contributed by atoms with van der Waals surface area (Å²) in [7, 11) is 3.65. The number of anilines is 2. The lowest BCUT2D eigenvalue weighted by molar-refractivity contribution is 0.415. The van der Waals surface area contributed by atoms with E-state index in [2.05, 4.69) is 32.8 Å². The molecule has 0 saturated heterocycles. The maximum Gasteiger partial charge on any atom is 0.137 e. The van der Waals surface area contributed by atoms with Crippen LogP contribution in [0.5, 0.6) is 5.75 Å². The fourth-order valence-corrected chi connectivity index (χ4v) is 2.32. The van der Waals surface area contributed by atoms with Crippen molar-refractivity contribution in [1.82, 2.24) is 9.97 Å². The maximum absolute atomic E-state index is 5.26. The van der Waals surface area contributed by atoms with Crippen LogP contribution in [0.3, 0.4) is 0 Å². The predicted octanol–water partition coefficient (Wildman–Crippen LogP) is 3.97. The normalized spacial score (nSPS) is 10.4. The lowest BCUT2D eigenvalue weighted by Crippen LogP contribution is -2.13. The van der Waals surface area contributed by atoms with Crippen molar-refractivity contribution in [3.05, 3.63) is 40.8 Å². The molecule has 0 aliphatic carbocycles. The maximum atomic E-state index is 5.26. The molecule has 0 atom stereocenters. The number of hydrogen-bond acceptors (Lipinski definition) is 4. The van der Waals surface area contributed by atoms with E-state index in [-0.39, 0.29) is 0 Å². The van der Waals surface area contributed by atoms with Crippen LogP contribution in [0.4, 0.5) is 11.5 Å². The summed E-state index contributed by atoms with van der Waals surface area (Å²) in [5.41, 5.74) is 1.03. The molecule has 2 rings (SSSR count). The molecule has 0 N–H and O–H groups in total. The fourth-order valence-electron chi connectivity index (χ4n) is 1.91. The van der Waals surface area contributed by atoms with Gasteiger partial charge in [0.2, 0.25) is 0 Å². The Kier molecular flexibility index (Phi) is 4.95. The first-order valence-electron chi connectivity index (χ1n) is 6.55. The van der Waals surface area contributed by atoms with E-state index in [9.17, 15) is 0 Å². The lowest BCUT2D eigenvalue weighted by Gasteiger charge is -2.19. The second-order valence-electron chi connectivity index (χ2n) is 4.48. The topological polar surface area (TPSA) is 38.2 Å². The number of aryl methyl sites for hydroxylation is 1. The summed E-state index contributed by atoms with van der Waals surface area (Å²) in [6.45, 7) is 2.12. The van der Waals surface area contributed by atoms with Gasteiger partial charge in [0, 0.05) is 31.3 Å². The van der Waals surface area contributed by atoms with Gasteiger partial charge in [-0.25, -0.2) is 9.97 Å². The minimum absolute atomic E-state index is 0.806. The third-order valence-corrected chi connectivity index (χ3v) is 3.39. The molecule has 0 saturated carbocycles. The second kappa shape index (κ2) is 6.70. The summed E-state index contributed by atoms with van der Waals surface area (Å²) < 4.78 is 6.06. The molecule has 0 unspecified atom stereocenters. The Morgan fingerprint density at radius 1 is 1.25 bits per heavy atom. The molecule has 0 fully saturated rings. The van der Waals surface area contributed by atoms with E-state index in [0.29, 0.717) is 0 Å². The highest BCUT2D eigenvalue weighted by Crippen LogP contribution is 2.26. The average molecular weight is 336 g/mol. The third kappa shape index (κ3) is 3.48. The molecule has 5 heteroatoms. The van der Waals surface area contributed by atoms with E-state index in [1.54, 1.807) is 7.11 Å². The summed E-state index contributed by atoms with van der Waals surface area (Å²) in [6.07, 6.45) is 1.90. The van der Waals surface area contributed by atoms with Gasteiger partial charge in [-0.15, -0.1) is 0 Å². The van der Waals surface area contributed by atoms with Gasteiger partial charge in [-0.3, -0.25) is 0 Å². The molecule has 1 heterocycles. The van der Waals surface area contributed by atoms with Crippen LogP contribution < -0.4 is 9.64 Å². The second-order valence-corrected chi connectivity index (χ2v) is 5.29. The summed E-state index contributed by atoms with van der Waals surface area (Å²) in [5.74, 6) is 2.55. The molecular formula is C15H18BrN3O. The van der Waals surface area contributed by atoms with E-state index in [1.807, 2.05) is 42.3 Å². The van der Waals surface area contributed by atoms with Crippen LogP contribution in [0.2, 0.25) is 0 Å². The van der Waals surface area contributed by atoms with Crippen LogP contribution in [0, 0.1) is 0 Å². The van der Waals surface area contributed by atoms with Crippen LogP contribution in [-0.2, 0) is 6.42 Å². The highest BCUT2D eigenvalue weighted by atomic mass is 79.9. The number of benzene rings is 1. The van der Waals surface area contributed by atoms with Crippen molar-refractivity contribution in [1.29, 1.82) is 0 Å². The van der Waals surface area contributed by atoms with Gasteiger partial charge in [-0.05, 0) is 34.5 Å². The number of nitrogens with zero attached hydrogens (tertiary/aromatic N) is 3. The molecule has 0 spiro atoms. The molecule has 20 heavy (non-hydrogen) atoms. The molecule has 4 nitrogen and oxygen atoms in total. The highest BCUT2D eigenvalue weighted by Gasteiger charge is 2.09. The number of rotatable bonds is 5. The zero-order chi connectivity index (χ0) is 14.5. The zero-order valence-electron chi connectivity index (χ0n) is 11.9. The van der Waals surface area contributed by atoms with E-state index in [1.165, 1.54) is 0 Å². The van der Waals surface area contributed by atoms with Gasteiger partial charge in [0.15, 0.2) is 0 Å². The minimum Gasteiger partial charge on any atom is -0.497 e. The molecule has 0 amide bonds. The van der Waals surface area contributed by atoms with Crippen LogP contribution in [0.25, 0.3) is 0 Å². The third-order valence-electron chi connectivity index (χ3n) is 2.99. The van der Waals surface area contributed by atoms with E-state index >= 15 is 0 Å². The van der Waals surface area contributed by atoms with Crippen LogP contribution in [0.1, 0.15) is 19.2 Å². The molecule has 0 bridgehead atoms. The van der Waals surface area contributed by atoms with Gasteiger partial charge in [-0.1, -0.05) is 13.0 Å². The summed E-state index contributed by atoms with van der Waals surface area (Å²) >= 11 is 3.45. The highest BCUT2D eigenvalue weighted by molar-refractivity contribution is 9.10. The Bertz CT molecular complexity index is 589. The largest absolute Gasteiger partial charge is 0.497 e. The average Bonchev–Trinajstić information content (AvgIpc) is 2.46. The van der Waals surface area contributed by atoms with E-state index in [4.69, 9.17) is 4.74 Å². The molecule has 106 valence electrons. The first-order valence-corrected chi connectivity index (χ1v) is 7.34. The summed E-state index contributed by atoms with van der Waals surface area (Å²) in [5, 5.41) is 0. The van der Waals surface area contributed by atoms with Gasteiger partial charge in [0.1, 0.15) is 22.0 Å². The van der Waals surface area contributed by atoms with E-state index in [0.717, 1.165) is 40.5 Å². The van der Waals surface area contributed by atoms with Crippen molar-refractivity contribution in [3.63, 3.8) is 0 Å². The Labute approximate surface area is 127 Å². The molecule has 1 aromatic carbocycles. The monoisotopic (exact) mass is 335 g/mol. The SMILES string of the molecule is CCCc1nc(Br)cc(N(C)c2cccc(OC)c2)n1. The van der Waals surface area contributed by atoms with Crippen LogP contribution in [0.15, 0.2) is 34.9 Å². The van der Waals surface area contributed by atoms with Crippen molar-refractivity contribution in [3.8, 4) is 5.75 Å². The number of halogens is 1. The van der Waals surface area contributed by atoms with Crippen molar-refractivity contribution in [2.24, 2.45) is 0 Å². The van der Waals surface area contributed by atoms with Gasteiger partial charge >= 0.3 is 0 Å². The number of ether oxygens (including phenoxy) is 1. The fraction of sp³-hybridized carbons (Fsp3) is 0.333. The van der Waals surface area contributed by atoms with Crippen molar-refractivity contribution >= 4 is 27.4 Å². The summed E-state index contributed by atoms with van der Waals surface area (Å²) in [6, 6.07) is 9.82. The van der Waals surface area contributed by atoms with Crippen molar-refractivity contribution < 1.29 is 4.74 Å². The molecule has 2 aromatic rings. The zero-order valence-corrected chi connectivity index (χ0v) is 13.5. The first kappa shape index (κ1) is 14.8. The molecule has 0 radical (unpaired) electrons. The van der Waals surface area contributed by atoms with Gasteiger partial charge in [0.05, 0.1) is 7.11 Å². The van der Waals surface area contributed by atoms with Crippen molar-refractivity contribution in [2.75, 3.05) is 19.1 Å². The van der Waals surface area contributed by atoms with E-state index < -0.39 is 0 Å². The van der Waals surface area contributed by atoms with Crippen molar-refractivity contribution in [2.45, 2.75) is 19.8 Å². The Hall–Kier alpha value is -1.62. The minimum atomic E-state index is 0.806. The smallest absolute Gasteiger partial charge is 0.137 e. The molecular weight excluding hydrogens is 318 g/mol. The van der Waals surface area contributed by atoms with Crippen LogP contribution in [-0.4, -0.2) is 24.1 Å². The lowest BCUT2D eigenvalue weighted by atomic mass is 10.2. The number of hydrogen-bond donors (Lipinski definition) is 0. The first-order chi connectivity index (χ1) is 9.63. The quantitative estimate of drug-likeness (QED) is 0.775. The van der Waals surface area contributed by atoms with Crippen LogP contribution >= 0.6 is 15.9 Å². The Morgan fingerprint density at radius 3 is 2.75 bits per heavy atom. The predicted molar refractivity (Wildman–Crippen MR) is 84.8 cm³/mol. The summed E-state index contributed by atoms with van der Waals surface area (Å²) in [4.78, 5) is 11.0.